The molecule has 1 saturated heterocycles. The Morgan fingerprint density at radius 3 is 2.76 bits per heavy atom. The number of rotatable bonds is 3. The van der Waals surface area contributed by atoms with E-state index in [1.807, 2.05) is 6.07 Å². The van der Waals surface area contributed by atoms with Crippen molar-refractivity contribution in [3.8, 4) is 11.5 Å². The average Bonchev–Trinajstić information content (AvgIpc) is 3.61. The second-order valence-electron chi connectivity index (χ2n) is 10.0. The molecule has 37 heavy (non-hydrogen) atoms. The van der Waals surface area contributed by atoms with Gasteiger partial charge < -0.3 is 24.8 Å². The molecule has 0 aliphatic carbocycles. The molecule has 0 spiro atoms. The van der Waals surface area contributed by atoms with E-state index in [2.05, 4.69) is 32.0 Å². The first-order valence-electron chi connectivity index (χ1n) is 12.6. The maximum atomic E-state index is 15.0. The van der Waals surface area contributed by atoms with Crippen LogP contribution in [-0.2, 0) is 19.4 Å². The maximum Gasteiger partial charge on any atom is 0.320 e. The third-order valence-electron chi connectivity index (χ3n) is 7.46. The quantitative estimate of drug-likeness (QED) is 0.566. The van der Waals surface area contributed by atoms with Gasteiger partial charge in [-0.1, -0.05) is 6.07 Å². The summed E-state index contributed by atoms with van der Waals surface area (Å²) >= 11 is 0. The van der Waals surface area contributed by atoms with Crippen LogP contribution >= 0.6 is 0 Å². The van der Waals surface area contributed by atoms with Crippen molar-refractivity contribution in [1.29, 1.82) is 0 Å². The zero-order valence-corrected chi connectivity index (χ0v) is 20.5. The van der Waals surface area contributed by atoms with Gasteiger partial charge in [-0.15, -0.1) is 10.2 Å². The number of hydrogen-bond donors (Lipinski definition) is 2. The molecule has 0 radical (unpaired) electrons. The Morgan fingerprint density at radius 2 is 1.95 bits per heavy atom. The van der Waals surface area contributed by atoms with Crippen LogP contribution in [-0.4, -0.2) is 72.3 Å². The number of aryl methyl sites for hydroxylation is 1. The number of nitrogens with one attached hydrogen (secondary N) is 1. The van der Waals surface area contributed by atoms with E-state index in [4.69, 9.17) is 0 Å². The number of hydrogen-bond acceptors (Lipinski definition) is 6. The molecule has 0 unspecified atom stereocenters. The van der Waals surface area contributed by atoms with Gasteiger partial charge in [-0.25, -0.2) is 14.2 Å². The molecule has 3 amide bonds. The lowest BCUT2D eigenvalue weighted by molar-refractivity contribution is 0.102. The number of pyridine rings is 1. The fourth-order valence-corrected chi connectivity index (χ4v) is 5.44. The predicted octanol–water partition coefficient (Wildman–Crippen LogP) is 2.78. The van der Waals surface area contributed by atoms with Crippen molar-refractivity contribution in [2.75, 3.05) is 25.0 Å². The molecule has 1 aromatic carbocycles. The maximum absolute atomic E-state index is 15.0. The molecular formula is C26H28FN7O3. The molecule has 2 aromatic heterocycles. The Hall–Kier alpha value is -3.86. The first-order valence-corrected chi connectivity index (χ1v) is 12.6. The third-order valence-corrected chi connectivity index (χ3v) is 7.46. The highest BCUT2D eigenvalue weighted by Gasteiger charge is 2.31. The van der Waals surface area contributed by atoms with E-state index in [0.717, 1.165) is 29.8 Å². The van der Waals surface area contributed by atoms with Crippen molar-refractivity contribution in [2.45, 2.75) is 51.3 Å². The summed E-state index contributed by atoms with van der Waals surface area (Å²) in [7, 11) is 0. The van der Waals surface area contributed by atoms with Gasteiger partial charge in [0.05, 0.1) is 11.7 Å². The van der Waals surface area contributed by atoms with Crippen LogP contribution in [0.2, 0.25) is 0 Å². The third kappa shape index (κ3) is 4.33. The van der Waals surface area contributed by atoms with Crippen molar-refractivity contribution in [3.63, 3.8) is 0 Å². The van der Waals surface area contributed by atoms with Crippen LogP contribution in [0.4, 0.5) is 15.0 Å². The van der Waals surface area contributed by atoms with Gasteiger partial charge in [0.1, 0.15) is 23.2 Å². The summed E-state index contributed by atoms with van der Waals surface area (Å²) in [6.45, 7) is 3.69. The summed E-state index contributed by atoms with van der Waals surface area (Å²) in [5, 5.41) is 21.0. The first kappa shape index (κ1) is 23.5. The zero-order valence-electron chi connectivity index (χ0n) is 20.5. The van der Waals surface area contributed by atoms with Crippen molar-refractivity contribution >= 4 is 17.8 Å². The van der Waals surface area contributed by atoms with Gasteiger partial charge >= 0.3 is 6.03 Å². The van der Waals surface area contributed by atoms with Crippen LogP contribution in [0, 0.1) is 5.82 Å². The standard InChI is InChI=1S/C26H28FN7O3/c1-15-5-6-23-30-31-24(34(15)23)21-3-2-4-22(28-21)29-25(36)19-11-17-13-32(9-7-16(17)12-20(19)27)26(37)33-10-8-18(35)14-33/h2-4,11-12,15,18,35H,5-10,13-14H2,1H3,(H,28,29,36)/t15-,18+/m0/s1. The second-order valence-corrected chi connectivity index (χ2v) is 10.0. The van der Waals surface area contributed by atoms with Gasteiger partial charge in [0.25, 0.3) is 5.91 Å². The lowest BCUT2D eigenvalue weighted by Gasteiger charge is -2.32. The molecule has 2 atom stereocenters. The minimum atomic E-state index is -0.615. The topological polar surface area (TPSA) is 116 Å². The normalized spacial score (nSPS) is 20.6. The molecular weight excluding hydrogens is 477 g/mol. The lowest BCUT2D eigenvalue weighted by atomic mass is 9.96. The average molecular weight is 506 g/mol. The fraction of sp³-hybridized carbons (Fsp3) is 0.423. The Bertz CT molecular complexity index is 1390. The number of carbonyl (C=O) groups is 2. The minimum absolute atomic E-state index is 0.103. The molecule has 10 nitrogen and oxygen atoms in total. The summed E-state index contributed by atoms with van der Waals surface area (Å²) < 4.78 is 17.0. The van der Waals surface area contributed by atoms with Crippen molar-refractivity contribution < 1.29 is 19.1 Å². The van der Waals surface area contributed by atoms with Crippen LogP contribution in [0.3, 0.4) is 0 Å². The minimum Gasteiger partial charge on any atom is -0.391 e. The molecule has 0 saturated carbocycles. The van der Waals surface area contributed by atoms with Gasteiger partial charge in [-0.05, 0) is 61.6 Å². The molecule has 3 aliphatic rings. The summed E-state index contributed by atoms with van der Waals surface area (Å²) in [4.78, 5) is 33.8. The SMILES string of the molecule is C[C@H]1CCc2nnc(-c3cccc(NC(=O)c4cc5c(cc4F)CCN(C(=O)N4CC[C@@H](O)C4)C5)n3)n21. The van der Waals surface area contributed by atoms with Gasteiger partial charge in [-0.3, -0.25) is 4.79 Å². The number of fused-ring (bicyclic) bond motifs is 2. The van der Waals surface area contributed by atoms with E-state index in [1.54, 1.807) is 21.9 Å². The monoisotopic (exact) mass is 505 g/mol. The van der Waals surface area contributed by atoms with Gasteiger partial charge in [0.15, 0.2) is 5.82 Å². The highest BCUT2D eigenvalue weighted by molar-refractivity contribution is 6.04. The van der Waals surface area contributed by atoms with Crippen LogP contribution < -0.4 is 5.32 Å². The number of amides is 3. The van der Waals surface area contributed by atoms with Crippen LogP contribution in [0.25, 0.3) is 11.5 Å². The fourth-order valence-electron chi connectivity index (χ4n) is 5.44. The molecule has 2 N–H and O–H groups in total. The number of aromatic nitrogens is 4. The number of benzene rings is 1. The van der Waals surface area contributed by atoms with Gasteiger partial charge in [-0.2, -0.15) is 0 Å². The predicted molar refractivity (Wildman–Crippen MR) is 132 cm³/mol. The number of aliphatic hydroxyl groups excluding tert-OH is 1. The van der Waals surface area contributed by atoms with Crippen molar-refractivity contribution in [2.24, 2.45) is 0 Å². The number of urea groups is 1. The molecule has 11 heteroatoms. The van der Waals surface area contributed by atoms with E-state index >= 15 is 0 Å². The van der Waals surface area contributed by atoms with Gasteiger partial charge in [0.2, 0.25) is 0 Å². The van der Waals surface area contributed by atoms with Crippen LogP contribution in [0.5, 0.6) is 0 Å². The van der Waals surface area contributed by atoms with E-state index in [0.29, 0.717) is 44.0 Å². The lowest BCUT2D eigenvalue weighted by Crippen LogP contribution is -2.44. The highest BCUT2D eigenvalue weighted by Crippen LogP contribution is 2.30. The number of likely N-dealkylation sites (tertiary alicyclic amines) is 1. The molecule has 0 bridgehead atoms. The number of carbonyl (C=O) groups excluding carboxylic acids is 2. The van der Waals surface area contributed by atoms with Crippen LogP contribution in [0.15, 0.2) is 30.3 Å². The van der Waals surface area contributed by atoms with E-state index in [-0.39, 0.29) is 30.0 Å². The molecule has 3 aromatic rings. The highest BCUT2D eigenvalue weighted by atomic mass is 19.1. The second kappa shape index (κ2) is 9.22. The number of halogens is 1. The Morgan fingerprint density at radius 1 is 1.08 bits per heavy atom. The summed E-state index contributed by atoms with van der Waals surface area (Å²) in [5.41, 5.74) is 2.00. The summed E-state index contributed by atoms with van der Waals surface area (Å²) in [6.07, 6.45) is 2.44. The summed E-state index contributed by atoms with van der Waals surface area (Å²) in [5.74, 6) is 0.622. The van der Waals surface area contributed by atoms with Crippen LogP contribution in [0.1, 0.15) is 53.1 Å². The smallest absolute Gasteiger partial charge is 0.320 e. The number of aliphatic hydroxyl groups is 1. The zero-order chi connectivity index (χ0) is 25.7. The first-order chi connectivity index (χ1) is 17.9. The van der Waals surface area contributed by atoms with E-state index in [9.17, 15) is 19.1 Å². The Labute approximate surface area is 213 Å². The Kier molecular flexibility index (Phi) is 5.86. The number of β-amino-alcohol motifs (C(OH)–C–C–N with tert-alkyl or cyclic N) is 1. The van der Waals surface area contributed by atoms with Gasteiger partial charge in [0, 0.05) is 38.6 Å². The Balaban J connectivity index is 1.20. The number of anilines is 1. The largest absolute Gasteiger partial charge is 0.391 e. The molecule has 6 rings (SSSR count). The summed E-state index contributed by atoms with van der Waals surface area (Å²) in [6, 6.07) is 8.25. The van der Waals surface area contributed by atoms with Crippen molar-refractivity contribution in [1.82, 2.24) is 29.5 Å². The van der Waals surface area contributed by atoms with E-state index in [1.165, 1.54) is 12.1 Å². The number of nitrogens with zero attached hydrogens (tertiary/aromatic N) is 6. The molecule has 3 aliphatic heterocycles. The van der Waals surface area contributed by atoms with Crippen molar-refractivity contribution in [3.05, 3.63) is 58.7 Å². The molecule has 1 fully saturated rings. The molecule has 5 heterocycles. The van der Waals surface area contributed by atoms with E-state index < -0.39 is 17.8 Å². The molecule has 192 valence electrons.